The van der Waals surface area contributed by atoms with Crippen LogP contribution in [-0.2, 0) is 15.0 Å². The minimum Gasteiger partial charge on any atom is -0.344 e. The second kappa shape index (κ2) is 9.68. The van der Waals surface area contributed by atoms with E-state index in [4.69, 9.17) is 23.2 Å². The normalized spacial score (nSPS) is 22.7. The van der Waals surface area contributed by atoms with Gasteiger partial charge >= 0.3 is 0 Å². The Bertz CT molecular complexity index is 813. The molecule has 31 heavy (non-hydrogen) atoms. The predicted molar refractivity (Wildman–Crippen MR) is 125 cm³/mol. The fourth-order valence-electron chi connectivity index (χ4n) is 5.14. The highest BCUT2D eigenvalue weighted by atomic mass is 35.5. The smallest absolute Gasteiger partial charge is 0.245 e. The zero-order chi connectivity index (χ0) is 22.0. The Labute approximate surface area is 195 Å². The molecule has 1 aromatic rings. The number of hydrogen-bond donors (Lipinski definition) is 1. The minimum atomic E-state index is -0.630. The first-order valence-corrected chi connectivity index (χ1v) is 12.4. The van der Waals surface area contributed by atoms with E-state index in [1.54, 1.807) is 12.1 Å². The zero-order valence-electron chi connectivity index (χ0n) is 18.3. The number of benzene rings is 1. The molecule has 1 aromatic carbocycles. The molecule has 2 aliphatic carbocycles. The van der Waals surface area contributed by atoms with E-state index in [9.17, 15) is 9.59 Å². The number of halogens is 2. The van der Waals surface area contributed by atoms with Crippen LogP contribution in [0.4, 0.5) is 0 Å². The second-order valence-electron chi connectivity index (χ2n) is 9.60. The van der Waals surface area contributed by atoms with Gasteiger partial charge in [-0.1, -0.05) is 61.4 Å². The van der Waals surface area contributed by atoms with Gasteiger partial charge in [0.15, 0.2) is 0 Å². The van der Waals surface area contributed by atoms with Gasteiger partial charge in [-0.25, -0.2) is 0 Å². The summed E-state index contributed by atoms with van der Waals surface area (Å²) in [6, 6.07) is 4.88. The van der Waals surface area contributed by atoms with E-state index in [0.29, 0.717) is 16.0 Å². The van der Waals surface area contributed by atoms with Crippen LogP contribution in [0, 0.1) is 5.92 Å². The lowest BCUT2D eigenvalue weighted by Crippen LogP contribution is -2.56. The summed E-state index contributed by atoms with van der Waals surface area (Å²) in [5.74, 6) is 0.509. The Morgan fingerprint density at radius 3 is 2.39 bits per heavy atom. The average Bonchev–Trinajstić information content (AvgIpc) is 3.56. The maximum atomic E-state index is 13.5. The van der Waals surface area contributed by atoms with Gasteiger partial charge in [-0.2, -0.15) is 0 Å². The van der Waals surface area contributed by atoms with Crippen molar-refractivity contribution < 1.29 is 9.59 Å². The van der Waals surface area contributed by atoms with Crippen molar-refractivity contribution in [2.45, 2.75) is 62.8 Å². The molecule has 0 bridgehead atoms. The van der Waals surface area contributed by atoms with Crippen molar-refractivity contribution in [2.24, 2.45) is 5.92 Å². The maximum Gasteiger partial charge on any atom is 0.245 e. The number of piperazine rings is 1. The first-order chi connectivity index (χ1) is 14.9. The first kappa shape index (κ1) is 22.9. The fourth-order valence-corrected chi connectivity index (χ4v) is 5.73. The van der Waals surface area contributed by atoms with Crippen LogP contribution in [0.1, 0.15) is 56.9 Å². The molecule has 0 radical (unpaired) electrons. The predicted octanol–water partition coefficient (Wildman–Crippen LogP) is 4.25. The van der Waals surface area contributed by atoms with Crippen molar-refractivity contribution in [2.75, 3.05) is 33.2 Å². The van der Waals surface area contributed by atoms with Crippen LogP contribution < -0.4 is 5.32 Å². The van der Waals surface area contributed by atoms with Crippen LogP contribution >= 0.6 is 23.2 Å². The second-order valence-corrected chi connectivity index (χ2v) is 10.4. The van der Waals surface area contributed by atoms with Crippen LogP contribution in [0.15, 0.2) is 18.2 Å². The number of amides is 2. The monoisotopic (exact) mass is 465 g/mol. The first-order valence-electron chi connectivity index (χ1n) is 11.6. The van der Waals surface area contributed by atoms with E-state index in [-0.39, 0.29) is 11.8 Å². The largest absolute Gasteiger partial charge is 0.344 e. The Morgan fingerprint density at radius 1 is 1.10 bits per heavy atom. The Hall–Kier alpha value is -1.30. The van der Waals surface area contributed by atoms with Gasteiger partial charge in [-0.3, -0.25) is 9.59 Å². The summed E-state index contributed by atoms with van der Waals surface area (Å²) >= 11 is 12.5. The molecule has 1 unspecified atom stereocenters. The van der Waals surface area contributed by atoms with E-state index < -0.39 is 11.5 Å². The van der Waals surface area contributed by atoms with Crippen LogP contribution in [0.5, 0.6) is 0 Å². The summed E-state index contributed by atoms with van der Waals surface area (Å²) < 4.78 is 0. The summed E-state index contributed by atoms with van der Waals surface area (Å²) in [5.41, 5.74) is 0.189. The zero-order valence-corrected chi connectivity index (χ0v) is 19.9. The van der Waals surface area contributed by atoms with Crippen molar-refractivity contribution in [1.29, 1.82) is 0 Å². The van der Waals surface area contributed by atoms with Crippen molar-refractivity contribution in [3.05, 3.63) is 33.8 Å². The lowest BCUT2D eigenvalue weighted by molar-refractivity contribution is -0.139. The molecule has 1 N–H and O–H groups in total. The molecular weight excluding hydrogens is 433 g/mol. The number of carbonyl (C=O) groups is 2. The highest BCUT2D eigenvalue weighted by Crippen LogP contribution is 2.51. The summed E-state index contributed by atoms with van der Waals surface area (Å²) in [5, 5.41) is 4.26. The van der Waals surface area contributed by atoms with E-state index in [0.717, 1.165) is 63.8 Å². The van der Waals surface area contributed by atoms with E-state index in [2.05, 4.69) is 17.3 Å². The summed E-state index contributed by atoms with van der Waals surface area (Å²) in [6.45, 7) is 3.20. The van der Waals surface area contributed by atoms with Crippen molar-refractivity contribution in [3.63, 3.8) is 0 Å². The Kier molecular flexibility index (Phi) is 7.14. The van der Waals surface area contributed by atoms with Crippen LogP contribution in [0.2, 0.25) is 10.0 Å². The quantitative estimate of drug-likeness (QED) is 0.682. The van der Waals surface area contributed by atoms with Crippen LogP contribution in [0.25, 0.3) is 0 Å². The molecule has 3 aliphatic rings. The third kappa shape index (κ3) is 5.20. The van der Waals surface area contributed by atoms with Crippen LogP contribution in [-0.4, -0.2) is 60.9 Å². The lowest BCUT2D eigenvalue weighted by atomic mass is 9.84. The number of hydrogen-bond acceptors (Lipinski definition) is 3. The molecule has 0 aromatic heterocycles. The van der Waals surface area contributed by atoms with Gasteiger partial charge in [-0.05, 0) is 49.9 Å². The van der Waals surface area contributed by atoms with E-state index in [1.165, 1.54) is 19.3 Å². The molecule has 1 heterocycles. The fraction of sp³-hybridized carbons (Fsp3) is 0.667. The molecule has 1 aliphatic heterocycles. The highest BCUT2D eigenvalue weighted by molar-refractivity contribution is 6.35. The average molecular weight is 466 g/mol. The van der Waals surface area contributed by atoms with Gasteiger partial charge in [0.2, 0.25) is 11.8 Å². The molecule has 7 heteroatoms. The highest BCUT2D eigenvalue weighted by Gasteiger charge is 2.53. The molecule has 0 spiro atoms. The van der Waals surface area contributed by atoms with Crippen molar-refractivity contribution in [3.8, 4) is 0 Å². The van der Waals surface area contributed by atoms with Gasteiger partial charge < -0.3 is 15.1 Å². The molecule has 2 saturated carbocycles. The SMILES string of the molecule is CN1CCN(C(=O)C(CC2CCCCC2)NC(=O)C2(c3ccc(Cl)cc3Cl)CC2)CC1. The van der Waals surface area contributed by atoms with Gasteiger partial charge in [0, 0.05) is 36.2 Å². The van der Waals surface area contributed by atoms with Gasteiger partial charge in [0.05, 0.1) is 5.41 Å². The summed E-state index contributed by atoms with van der Waals surface area (Å²) in [4.78, 5) is 31.1. The molecule has 170 valence electrons. The van der Waals surface area contributed by atoms with E-state index >= 15 is 0 Å². The van der Waals surface area contributed by atoms with Gasteiger partial charge in [-0.15, -0.1) is 0 Å². The molecule has 4 rings (SSSR count). The standard InChI is InChI=1S/C24H33Cl2N3O2/c1-28-11-13-29(14-12-28)22(30)21(15-17-5-3-2-4-6-17)27-23(31)24(9-10-24)19-8-7-18(25)16-20(19)26/h7-8,16-17,21H,2-6,9-15H2,1H3,(H,27,31). The summed E-state index contributed by atoms with van der Waals surface area (Å²) in [6.07, 6.45) is 8.25. The summed E-state index contributed by atoms with van der Waals surface area (Å²) in [7, 11) is 2.08. The molecule has 1 atom stereocenters. The third-order valence-electron chi connectivity index (χ3n) is 7.34. The Balaban J connectivity index is 1.50. The molecule has 3 fully saturated rings. The Morgan fingerprint density at radius 2 is 1.77 bits per heavy atom. The van der Waals surface area contributed by atoms with Gasteiger partial charge in [0.1, 0.15) is 6.04 Å². The minimum absolute atomic E-state index is 0.0694. The van der Waals surface area contributed by atoms with Crippen LogP contribution in [0.3, 0.4) is 0 Å². The maximum absolute atomic E-state index is 13.5. The molecule has 1 saturated heterocycles. The van der Waals surface area contributed by atoms with E-state index in [1.807, 2.05) is 11.0 Å². The molecule has 5 nitrogen and oxygen atoms in total. The number of nitrogens with one attached hydrogen (secondary N) is 1. The van der Waals surface area contributed by atoms with Crippen molar-refractivity contribution >= 4 is 35.0 Å². The van der Waals surface area contributed by atoms with Crippen molar-refractivity contribution in [1.82, 2.24) is 15.1 Å². The lowest BCUT2D eigenvalue weighted by Gasteiger charge is -2.36. The number of rotatable bonds is 6. The van der Waals surface area contributed by atoms with Gasteiger partial charge in [0.25, 0.3) is 0 Å². The topological polar surface area (TPSA) is 52.6 Å². The number of carbonyl (C=O) groups excluding carboxylic acids is 2. The molecular formula is C24H33Cl2N3O2. The number of nitrogens with zero attached hydrogens (tertiary/aromatic N) is 2. The molecule has 2 amide bonds. The number of likely N-dealkylation sites (N-methyl/N-ethyl adjacent to an activating group) is 1. The third-order valence-corrected chi connectivity index (χ3v) is 7.89.